The normalized spacial score (nSPS) is 11.2. The molecule has 4 aromatic heterocycles. The summed E-state index contributed by atoms with van der Waals surface area (Å²) in [7, 11) is 0. The third-order valence-electron chi connectivity index (χ3n) is 6.61. The average molecular weight is 457 g/mol. The molecule has 0 radical (unpaired) electrons. The molecule has 0 atom stereocenters. The maximum absolute atomic E-state index is 2.31. The van der Waals surface area contributed by atoms with Crippen LogP contribution in [-0.4, -0.2) is 9.13 Å². The van der Waals surface area contributed by atoms with Crippen molar-refractivity contribution in [1.82, 2.24) is 9.13 Å². The summed E-state index contributed by atoms with van der Waals surface area (Å²) < 4.78 is 9.17. The lowest BCUT2D eigenvalue weighted by Gasteiger charge is -2.04. The van der Waals surface area contributed by atoms with E-state index in [0.717, 1.165) is 26.2 Å². The molecule has 0 aliphatic carbocycles. The van der Waals surface area contributed by atoms with Gasteiger partial charge in [0.05, 0.1) is 0 Å². The number of hydrogen-bond acceptors (Lipinski definition) is 0. The van der Waals surface area contributed by atoms with E-state index in [1.54, 1.807) is 0 Å². The van der Waals surface area contributed by atoms with E-state index in [2.05, 4.69) is 116 Å². The molecule has 4 rings (SSSR count). The molecule has 0 bridgehead atoms. The minimum atomic E-state index is 1.10. The van der Waals surface area contributed by atoms with Crippen LogP contribution in [0.2, 0.25) is 0 Å². The lowest BCUT2D eigenvalue weighted by molar-refractivity contribution is -0.697. The van der Waals surface area contributed by atoms with Crippen molar-refractivity contribution in [3.8, 4) is 11.1 Å². The largest absolute Gasteiger partial charge is 0.354 e. The van der Waals surface area contributed by atoms with Crippen LogP contribution in [0.15, 0.2) is 98.1 Å². The van der Waals surface area contributed by atoms with Crippen LogP contribution in [0.25, 0.3) is 11.1 Å². The van der Waals surface area contributed by atoms with Crippen molar-refractivity contribution < 1.29 is 9.13 Å². The Bertz CT molecular complexity index is 945. The summed E-state index contributed by atoms with van der Waals surface area (Å²) in [5, 5.41) is 0. The molecule has 0 aromatic carbocycles. The average Bonchev–Trinajstić information content (AvgIpc) is 3.59. The molecule has 178 valence electrons. The first-order valence-electron chi connectivity index (χ1n) is 13.1. The maximum atomic E-state index is 2.31. The zero-order valence-corrected chi connectivity index (χ0v) is 20.5. The Morgan fingerprint density at radius 3 is 1.18 bits per heavy atom. The highest BCUT2D eigenvalue weighted by Gasteiger charge is 2.06. The van der Waals surface area contributed by atoms with E-state index in [0.29, 0.717) is 0 Å². The van der Waals surface area contributed by atoms with Crippen molar-refractivity contribution in [1.29, 1.82) is 0 Å². The van der Waals surface area contributed by atoms with Crippen LogP contribution < -0.4 is 9.13 Å². The SMILES string of the molecule is c1ccn(CCCCCC[n+]2ccc(-c3cc[n+](CCCCCCn4cccc4)cc3)cc2)c1. The van der Waals surface area contributed by atoms with E-state index < -0.39 is 0 Å². The molecule has 0 unspecified atom stereocenters. The number of nitrogens with zero attached hydrogens (tertiary/aromatic N) is 4. The van der Waals surface area contributed by atoms with Gasteiger partial charge in [0.25, 0.3) is 0 Å². The van der Waals surface area contributed by atoms with Gasteiger partial charge in [0.2, 0.25) is 0 Å². The zero-order valence-electron chi connectivity index (χ0n) is 20.5. The summed E-state index contributed by atoms with van der Waals surface area (Å²) in [6.07, 6.45) is 27.7. The van der Waals surface area contributed by atoms with Gasteiger partial charge >= 0.3 is 0 Å². The molecule has 0 saturated carbocycles. The van der Waals surface area contributed by atoms with Gasteiger partial charge in [0.1, 0.15) is 13.1 Å². The first-order valence-corrected chi connectivity index (χ1v) is 13.1. The Hall–Kier alpha value is -3.14. The third kappa shape index (κ3) is 8.02. The second-order valence-electron chi connectivity index (χ2n) is 9.32. The molecule has 4 heteroatoms. The number of rotatable bonds is 15. The molecule has 0 fully saturated rings. The Balaban J connectivity index is 1.10. The molecule has 4 heterocycles. The molecule has 0 N–H and O–H groups in total. The molecule has 0 spiro atoms. The summed E-state index contributed by atoms with van der Waals surface area (Å²) in [5.41, 5.74) is 2.58. The predicted molar refractivity (Wildman–Crippen MR) is 138 cm³/mol. The maximum Gasteiger partial charge on any atom is 0.169 e. The first-order chi connectivity index (χ1) is 16.9. The monoisotopic (exact) mass is 456 g/mol. The van der Waals surface area contributed by atoms with Gasteiger partial charge in [-0.15, -0.1) is 0 Å². The number of pyridine rings is 2. The summed E-state index contributed by atoms with van der Waals surface area (Å²) in [6, 6.07) is 17.4. The van der Waals surface area contributed by atoms with Gasteiger partial charge in [-0.3, -0.25) is 0 Å². The van der Waals surface area contributed by atoms with Gasteiger partial charge in [0.15, 0.2) is 24.8 Å². The molecule has 4 nitrogen and oxygen atoms in total. The fourth-order valence-electron chi connectivity index (χ4n) is 4.52. The van der Waals surface area contributed by atoms with Crippen LogP contribution in [0.3, 0.4) is 0 Å². The highest BCUT2D eigenvalue weighted by molar-refractivity contribution is 5.60. The van der Waals surface area contributed by atoms with E-state index in [9.17, 15) is 0 Å². The third-order valence-corrected chi connectivity index (χ3v) is 6.61. The van der Waals surface area contributed by atoms with Crippen molar-refractivity contribution in [2.24, 2.45) is 0 Å². The van der Waals surface area contributed by atoms with Gasteiger partial charge in [-0.1, -0.05) is 12.8 Å². The Morgan fingerprint density at radius 1 is 0.441 bits per heavy atom. The number of aryl methyl sites for hydroxylation is 4. The van der Waals surface area contributed by atoms with E-state index in [4.69, 9.17) is 0 Å². The molecular formula is C30H40N4+2. The van der Waals surface area contributed by atoms with Gasteiger partial charge in [-0.25, -0.2) is 9.13 Å². The second kappa shape index (κ2) is 13.5. The minimum Gasteiger partial charge on any atom is -0.354 e. The molecule has 0 saturated heterocycles. The van der Waals surface area contributed by atoms with Gasteiger partial charge < -0.3 is 9.13 Å². The summed E-state index contributed by atoms with van der Waals surface area (Å²) in [4.78, 5) is 0. The van der Waals surface area contributed by atoms with Crippen molar-refractivity contribution in [3.05, 3.63) is 98.1 Å². The zero-order chi connectivity index (χ0) is 23.3. The van der Waals surface area contributed by atoms with Crippen LogP contribution in [0.4, 0.5) is 0 Å². The number of unbranched alkanes of at least 4 members (excludes halogenated alkanes) is 6. The molecule has 0 amide bonds. The first kappa shape index (κ1) is 24.0. The predicted octanol–water partition coefficient (Wildman–Crippen LogP) is 6.05. The molecular weight excluding hydrogens is 416 g/mol. The van der Waals surface area contributed by atoms with E-state index >= 15 is 0 Å². The van der Waals surface area contributed by atoms with Gasteiger partial charge in [-0.2, -0.15) is 0 Å². The molecule has 4 aromatic rings. The van der Waals surface area contributed by atoms with Gasteiger partial charge in [-0.05, 0) is 61.1 Å². The Labute approximate surface area is 205 Å². The van der Waals surface area contributed by atoms with Crippen molar-refractivity contribution in [2.75, 3.05) is 0 Å². The van der Waals surface area contributed by atoms with Crippen LogP contribution in [0, 0.1) is 0 Å². The smallest absolute Gasteiger partial charge is 0.169 e. The summed E-state index contributed by atoms with van der Waals surface area (Å²) in [6.45, 7) is 4.48. The van der Waals surface area contributed by atoms with Gasteiger partial charge in [0, 0.05) is 75.0 Å². The number of aromatic nitrogens is 4. The summed E-state index contributed by atoms with van der Waals surface area (Å²) >= 11 is 0. The Morgan fingerprint density at radius 2 is 0.794 bits per heavy atom. The lowest BCUT2D eigenvalue weighted by Crippen LogP contribution is -2.33. The quantitative estimate of drug-likeness (QED) is 0.153. The van der Waals surface area contributed by atoms with E-state index in [-0.39, 0.29) is 0 Å². The van der Waals surface area contributed by atoms with Crippen LogP contribution in [-0.2, 0) is 26.2 Å². The lowest BCUT2D eigenvalue weighted by atomic mass is 10.1. The van der Waals surface area contributed by atoms with Crippen molar-refractivity contribution >= 4 is 0 Å². The van der Waals surface area contributed by atoms with Crippen LogP contribution in [0.1, 0.15) is 51.4 Å². The molecule has 34 heavy (non-hydrogen) atoms. The number of hydrogen-bond donors (Lipinski definition) is 0. The van der Waals surface area contributed by atoms with E-state index in [1.165, 1.54) is 62.5 Å². The molecule has 0 aliphatic heterocycles. The fraction of sp³-hybridized carbons (Fsp3) is 0.400. The highest BCUT2D eigenvalue weighted by Crippen LogP contribution is 2.16. The standard InChI is InChI=1S/C30H40N4/c1(5-17-31-21-9-10-22-31)3-7-19-33-25-13-29(14-26-33)30-15-27-34(28-16-30)20-8-4-2-6-18-32-23-11-12-24-32/h9-16,21-28H,1-8,17-20H2/q+2. The fourth-order valence-corrected chi connectivity index (χ4v) is 4.52. The van der Waals surface area contributed by atoms with Crippen LogP contribution in [0.5, 0.6) is 0 Å². The van der Waals surface area contributed by atoms with Crippen molar-refractivity contribution in [2.45, 2.75) is 77.5 Å². The molecule has 0 aliphatic rings. The Kier molecular flexibility index (Phi) is 9.56. The van der Waals surface area contributed by atoms with E-state index in [1.807, 2.05) is 0 Å². The van der Waals surface area contributed by atoms with Crippen LogP contribution >= 0.6 is 0 Å². The second-order valence-corrected chi connectivity index (χ2v) is 9.32. The van der Waals surface area contributed by atoms with Crippen molar-refractivity contribution in [3.63, 3.8) is 0 Å². The highest BCUT2D eigenvalue weighted by atomic mass is 14.9. The topological polar surface area (TPSA) is 17.6 Å². The summed E-state index contributed by atoms with van der Waals surface area (Å²) in [5.74, 6) is 0. The minimum absolute atomic E-state index is 1.10.